The number of aliphatic hydroxyl groups is 1. The van der Waals surface area contributed by atoms with Gasteiger partial charge in [-0.3, -0.25) is 4.79 Å². The van der Waals surface area contributed by atoms with Crippen molar-refractivity contribution in [2.24, 2.45) is 0 Å². The van der Waals surface area contributed by atoms with Crippen molar-refractivity contribution in [2.45, 2.75) is 44.8 Å². The highest BCUT2D eigenvalue weighted by Crippen LogP contribution is 2.29. The molecule has 0 unspecified atom stereocenters. The number of anilines is 1. The third-order valence-corrected chi connectivity index (χ3v) is 4.14. The van der Waals surface area contributed by atoms with Gasteiger partial charge in [0.2, 0.25) is 0 Å². The molecule has 1 aliphatic rings. The van der Waals surface area contributed by atoms with Crippen LogP contribution in [0.3, 0.4) is 0 Å². The number of benzene rings is 1. The van der Waals surface area contributed by atoms with Crippen LogP contribution < -0.4 is 10.2 Å². The lowest BCUT2D eigenvalue weighted by Crippen LogP contribution is -2.44. The Hall–Kier alpha value is -1.55. The number of hydrogen-bond donors (Lipinski definition) is 2. The van der Waals surface area contributed by atoms with Crippen molar-refractivity contribution in [2.75, 3.05) is 19.0 Å². The van der Waals surface area contributed by atoms with E-state index in [2.05, 4.69) is 16.3 Å². The summed E-state index contributed by atoms with van der Waals surface area (Å²) in [6.45, 7) is 2.51. The van der Waals surface area contributed by atoms with Crippen molar-refractivity contribution in [3.8, 4) is 0 Å². The van der Waals surface area contributed by atoms with Gasteiger partial charge in [0.1, 0.15) is 5.60 Å². The molecule has 1 amide bonds. The van der Waals surface area contributed by atoms with E-state index in [4.69, 9.17) is 0 Å². The quantitative estimate of drug-likeness (QED) is 0.884. The topological polar surface area (TPSA) is 52.6 Å². The van der Waals surface area contributed by atoms with Crippen LogP contribution in [0.1, 0.15) is 36.8 Å². The van der Waals surface area contributed by atoms with Gasteiger partial charge in [0.25, 0.3) is 5.91 Å². The first kappa shape index (κ1) is 14.9. The molecule has 1 fully saturated rings. The Morgan fingerprint density at radius 3 is 2.55 bits per heavy atom. The molecule has 0 saturated heterocycles. The van der Waals surface area contributed by atoms with E-state index in [1.165, 1.54) is 0 Å². The third kappa shape index (κ3) is 3.12. The van der Waals surface area contributed by atoms with Gasteiger partial charge in [-0.1, -0.05) is 6.07 Å². The monoisotopic (exact) mass is 276 g/mol. The summed E-state index contributed by atoms with van der Waals surface area (Å²) < 4.78 is 0. The number of aryl methyl sites for hydroxylation is 1. The van der Waals surface area contributed by atoms with Crippen LogP contribution in [0.15, 0.2) is 18.2 Å². The highest BCUT2D eigenvalue weighted by Gasteiger charge is 2.38. The molecule has 1 saturated carbocycles. The molecule has 0 spiro atoms. The first-order valence-electron chi connectivity index (χ1n) is 7.20. The average molecular weight is 276 g/mol. The second-order valence-electron chi connectivity index (χ2n) is 5.93. The van der Waals surface area contributed by atoms with Gasteiger partial charge in [-0.15, -0.1) is 0 Å². The molecule has 0 atom stereocenters. The number of rotatable bonds is 4. The molecule has 110 valence electrons. The smallest absolute Gasteiger partial charge is 0.252 e. The molecular formula is C16H24N2O2. The van der Waals surface area contributed by atoms with E-state index in [9.17, 15) is 9.90 Å². The third-order valence-electron chi connectivity index (χ3n) is 4.14. The van der Waals surface area contributed by atoms with E-state index in [-0.39, 0.29) is 5.91 Å². The van der Waals surface area contributed by atoms with E-state index in [1.807, 2.05) is 33.2 Å². The lowest BCUT2D eigenvalue weighted by molar-refractivity contribution is -0.139. The maximum atomic E-state index is 12.1. The molecule has 4 nitrogen and oxygen atoms in total. The summed E-state index contributed by atoms with van der Waals surface area (Å²) in [4.78, 5) is 14.1. The highest BCUT2D eigenvalue weighted by atomic mass is 16.3. The van der Waals surface area contributed by atoms with Crippen molar-refractivity contribution in [1.29, 1.82) is 0 Å². The molecule has 1 aromatic rings. The van der Waals surface area contributed by atoms with Crippen LogP contribution in [0.5, 0.6) is 0 Å². The average Bonchev–Trinajstić information content (AvgIpc) is 2.85. The van der Waals surface area contributed by atoms with E-state index < -0.39 is 5.60 Å². The van der Waals surface area contributed by atoms with Gasteiger partial charge in [0.05, 0.1) is 0 Å². The van der Waals surface area contributed by atoms with Gasteiger partial charge < -0.3 is 15.3 Å². The van der Waals surface area contributed by atoms with Crippen molar-refractivity contribution in [3.63, 3.8) is 0 Å². The minimum atomic E-state index is -1.14. The Morgan fingerprint density at radius 1 is 1.35 bits per heavy atom. The number of nitrogens with zero attached hydrogens (tertiary/aromatic N) is 1. The Kier molecular flexibility index (Phi) is 4.33. The Balaban J connectivity index is 1.99. The summed E-state index contributed by atoms with van der Waals surface area (Å²) in [6, 6.07) is 6.17. The Bertz CT molecular complexity index is 491. The van der Waals surface area contributed by atoms with Gasteiger partial charge >= 0.3 is 0 Å². The van der Waals surface area contributed by atoms with E-state index in [1.54, 1.807) is 0 Å². The molecule has 0 bridgehead atoms. The van der Waals surface area contributed by atoms with Gasteiger partial charge in [0.15, 0.2) is 0 Å². The molecule has 1 aliphatic carbocycles. The number of amides is 1. The molecule has 20 heavy (non-hydrogen) atoms. The molecule has 2 N–H and O–H groups in total. The SMILES string of the molecule is Cc1cc(N(C)C)ccc1CNC(=O)C1(O)CCCC1. The predicted octanol–water partition coefficient (Wildman–Crippen LogP) is 1.98. The van der Waals surface area contributed by atoms with Crippen LogP contribution in [0.25, 0.3) is 0 Å². The standard InChI is InChI=1S/C16H24N2O2/c1-12-10-14(18(2)3)7-6-13(12)11-17-15(19)16(20)8-4-5-9-16/h6-7,10,20H,4-5,8-9,11H2,1-3H3,(H,17,19). The van der Waals surface area contributed by atoms with Crippen molar-refractivity contribution in [3.05, 3.63) is 29.3 Å². The molecular weight excluding hydrogens is 252 g/mol. The molecule has 4 heteroatoms. The molecule has 0 aromatic heterocycles. The number of nitrogens with one attached hydrogen (secondary N) is 1. The van der Waals surface area contributed by atoms with Crippen LogP contribution in [-0.2, 0) is 11.3 Å². The summed E-state index contributed by atoms with van der Waals surface area (Å²) in [5.41, 5.74) is 2.24. The summed E-state index contributed by atoms with van der Waals surface area (Å²) in [7, 11) is 4.01. The lowest BCUT2D eigenvalue weighted by Gasteiger charge is -2.21. The van der Waals surface area contributed by atoms with Gasteiger partial charge in [-0.2, -0.15) is 0 Å². The minimum absolute atomic E-state index is 0.230. The van der Waals surface area contributed by atoms with Crippen LogP contribution in [0, 0.1) is 6.92 Å². The van der Waals surface area contributed by atoms with E-state index >= 15 is 0 Å². The molecule has 0 heterocycles. The molecule has 0 aliphatic heterocycles. The van der Waals surface area contributed by atoms with Crippen molar-refractivity contribution in [1.82, 2.24) is 5.32 Å². The molecule has 2 rings (SSSR count). The molecule has 1 aromatic carbocycles. The fourth-order valence-corrected chi connectivity index (χ4v) is 2.68. The number of carbonyl (C=O) groups is 1. The van der Waals surface area contributed by atoms with Gasteiger partial charge in [0, 0.05) is 26.3 Å². The summed E-state index contributed by atoms with van der Waals surface area (Å²) in [5, 5.41) is 13.1. The maximum absolute atomic E-state index is 12.1. The zero-order valence-electron chi connectivity index (χ0n) is 12.6. The largest absolute Gasteiger partial charge is 0.380 e. The highest BCUT2D eigenvalue weighted by molar-refractivity contribution is 5.85. The van der Waals surface area contributed by atoms with Crippen LogP contribution in [0.4, 0.5) is 5.69 Å². The fraction of sp³-hybridized carbons (Fsp3) is 0.562. The maximum Gasteiger partial charge on any atom is 0.252 e. The first-order valence-corrected chi connectivity index (χ1v) is 7.20. The summed E-state index contributed by atoms with van der Waals surface area (Å²) in [6.07, 6.45) is 3.02. The van der Waals surface area contributed by atoms with Crippen molar-refractivity contribution < 1.29 is 9.90 Å². The van der Waals surface area contributed by atoms with Gasteiger partial charge in [-0.25, -0.2) is 0 Å². The minimum Gasteiger partial charge on any atom is -0.380 e. The predicted molar refractivity (Wildman–Crippen MR) is 80.8 cm³/mol. The van der Waals surface area contributed by atoms with E-state index in [0.29, 0.717) is 19.4 Å². The van der Waals surface area contributed by atoms with Crippen LogP contribution in [-0.4, -0.2) is 30.7 Å². The molecule has 0 radical (unpaired) electrons. The zero-order chi connectivity index (χ0) is 14.8. The van der Waals surface area contributed by atoms with Crippen LogP contribution >= 0.6 is 0 Å². The summed E-state index contributed by atoms with van der Waals surface area (Å²) in [5.74, 6) is -0.230. The van der Waals surface area contributed by atoms with E-state index in [0.717, 1.165) is 29.7 Å². The Morgan fingerprint density at radius 2 is 2.00 bits per heavy atom. The second-order valence-corrected chi connectivity index (χ2v) is 5.93. The zero-order valence-corrected chi connectivity index (χ0v) is 12.6. The van der Waals surface area contributed by atoms with Crippen LogP contribution in [0.2, 0.25) is 0 Å². The normalized spacial score (nSPS) is 17.0. The Labute approximate surface area is 120 Å². The first-order chi connectivity index (χ1) is 9.42. The fourth-order valence-electron chi connectivity index (χ4n) is 2.68. The lowest BCUT2D eigenvalue weighted by atomic mass is 10.0. The number of hydrogen-bond acceptors (Lipinski definition) is 3. The second kappa shape index (κ2) is 5.83. The van der Waals surface area contributed by atoms with Gasteiger partial charge in [-0.05, 0) is 55.9 Å². The van der Waals surface area contributed by atoms with Crippen molar-refractivity contribution >= 4 is 11.6 Å². The number of carbonyl (C=O) groups excluding carboxylic acids is 1. The summed E-state index contributed by atoms with van der Waals surface area (Å²) >= 11 is 0.